The highest BCUT2D eigenvalue weighted by molar-refractivity contribution is 5.32. The van der Waals surface area contributed by atoms with Crippen molar-refractivity contribution in [2.45, 2.75) is 52.5 Å². The van der Waals surface area contributed by atoms with Gasteiger partial charge in [0.25, 0.3) is 0 Å². The summed E-state index contributed by atoms with van der Waals surface area (Å²) >= 11 is 0. The molecule has 0 unspecified atom stereocenters. The van der Waals surface area contributed by atoms with Crippen molar-refractivity contribution in [2.24, 2.45) is 0 Å². The zero-order valence-corrected chi connectivity index (χ0v) is 11.6. The Morgan fingerprint density at radius 2 is 1.94 bits per heavy atom. The van der Waals surface area contributed by atoms with Crippen LogP contribution in [0, 0.1) is 12.7 Å². The summed E-state index contributed by atoms with van der Waals surface area (Å²) in [5.41, 5.74) is 2.36. The molecule has 2 heteroatoms. The maximum Gasteiger partial charge on any atom is 0.123 e. The molecule has 1 nitrogen and oxygen atoms in total. The molecule has 0 aromatic heterocycles. The molecule has 0 saturated heterocycles. The van der Waals surface area contributed by atoms with Crippen molar-refractivity contribution >= 4 is 0 Å². The fourth-order valence-electron chi connectivity index (χ4n) is 2.19. The fourth-order valence-corrected chi connectivity index (χ4v) is 2.19. The topological polar surface area (TPSA) is 12.0 Å². The van der Waals surface area contributed by atoms with Gasteiger partial charge in [-0.15, -0.1) is 0 Å². The van der Waals surface area contributed by atoms with Gasteiger partial charge in [-0.25, -0.2) is 4.39 Å². The number of aryl methyl sites for hydroxylation is 1. The highest BCUT2D eigenvalue weighted by atomic mass is 19.1. The lowest BCUT2D eigenvalue weighted by molar-refractivity contribution is 0.439. The van der Waals surface area contributed by atoms with E-state index in [9.17, 15) is 4.39 Å². The second-order valence-corrected chi connectivity index (χ2v) is 5.70. The summed E-state index contributed by atoms with van der Waals surface area (Å²) in [6.45, 7) is 11.7. The summed E-state index contributed by atoms with van der Waals surface area (Å²) in [7, 11) is 0. The number of halogens is 1. The van der Waals surface area contributed by atoms with Gasteiger partial charge in [0.1, 0.15) is 5.82 Å². The maximum absolute atomic E-state index is 13.1. The van der Waals surface area contributed by atoms with Crippen LogP contribution in [-0.2, 0) is 5.41 Å². The molecule has 0 heterocycles. The number of rotatable bonds is 5. The Bertz CT molecular complexity index is 369. The number of hydrogen-bond acceptors (Lipinski definition) is 1. The molecule has 0 bridgehead atoms. The van der Waals surface area contributed by atoms with Crippen molar-refractivity contribution in [3.05, 3.63) is 35.1 Å². The normalized spacial score (nSPS) is 12.2. The molecule has 0 atom stereocenters. The van der Waals surface area contributed by atoms with Crippen molar-refractivity contribution in [3.63, 3.8) is 0 Å². The van der Waals surface area contributed by atoms with Gasteiger partial charge < -0.3 is 5.32 Å². The van der Waals surface area contributed by atoms with Crippen LogP contribution in [0.4, 0.5) is 4.39 Å². The Kier molecular flexibility index (Phi) is 4.70. The zero-order chi connectivity index (χ0) is 13.1. The molecule has 0 aliphatic rings. The monoisotopic (exact) mass is 237 g/mol. The van der Waals surface area contributed by atoms with Gasteiger partial charge in [0, 0.05) is 6.04 Å². The standard InChI is InChI=1S/C15H24FN/c1-11(2)17-9-8-15(4,5)14-7-6-13(16)10-12(14)3/h6-7,10-11,17H,8-9H2,1-5H3. The lowest BCUT2D eigenvalue weighted by Crippen LogP contribution is -2.30. The first-order chi connectivity index (χ1) is 7.83. The average molecular weight is 237 g/mol. The van der Waals surface area contributed by atoms with E-state index in [1.165, 1.54) is 5.56 Å². The fraction of sp³-hybridized carbons (Fsp3) is 0.600. The summed E-state index contributed by atoms with van der Waals surface area (Å²) in [6.07, 6.45) is 1.05. The maximum atomic E-state index is 13.1. The van der Waals surface area contributed by atoms with E-state index in [1.54, 1.807) is 12.1 Å². The third-order valence-electron chi connectivity index (χ3n) is 3.22. The average Bonchev–Trinajstić information content (AvgIpc) is 2.15. The van der Waals surface area contributed by atoms with Gasteiger partial charge in [0.2, 0.25) is 0 Å². The van der Waals surface area contributed by atoms with Crippen molar-refractivity contribution < 1.29 is 4.39 Å². The molecule has 0 amide bonds. The highest BCUT2D eigenvalue weighted by Gasteiger charge is 2.22. The highest BCUT2D eigenvalue weighted by Crippen LogP contribution is 2.29. The molecule has 1 aromatic rings. The van der Waals surface area contributed by atoms with E-state index in [4.69, 9.17) is 0 Å². The summed E-state index contributed by atoms with van der Waals surface area (Å²) in [5, 5.41) is 3.43. The van der Waals surface area contributed by atoms with E-state index in [0.717, 1.165) is 18.5 Å². The summed E-state index contributed by atoms with van der Waals surface area (Å²) < 4.78 is 13.1. The second kappa shape index (κ2) is 5.63. The van der Waals surface area contributed by atoms with Crippen molar-refractivity contribution in [3.8, 4) is 0 Å². The van der Waals surface area contributed by atoms with Crippen LogP contribution in [0.1, 0.15) is 45.2 Å². The molecule has 96 valence electrons. The molecule has 0 spiro atoms. The third kappa shape index (κ3) is 4.12. The van der Waals surface area contributed by atoms with Gasteiger partial charge in [0.05, 0.1) is 0 Å². The molecular weight excluding hydrogens is 213 g/mol. The first-order valence-electron chi connectivity index (χ1n) is 6.33. The molecule has 1 aromatic carbocycles. The van der Waals surface area contributed by atoms with Crippen molar-refractivity contribution in [1.29, 1.82) is 0 Å². The van der Waals surface area contributed by atoms with Gasteiger partial charge >= 0.3 is 0 Å². The lowest BCUT2D eigenvalue weighted by Gasteiger charge is -2.27. The van der Waals surface area contributed by atoms with Crippen LogP contribution in [0.25, 0.3) is 0 Å². The molecule has 0 aliphatic carbocycles. The Morgan fingerprint density at radius 1 is 1.29 bits per heavy atom. The predicted molar refractivity (Wildman–Crippen MR) is 71.9 cm³/mol. The number of benzene rings is 1. The van der Waals surface area contributed by atoms with E-state index in [-0.39, 0.29) is 11.2 Å². The Morgan fingerprint density at radius 3 is 2.47 bits per heavy atom. The minimum absolute atomic E-state index is 0.0830. The van der Waals surface area contributed by atoms with Gasteiger partial charge in [-0.2, -0.15) is 0 Å². The van der Waals surface area contributed by atoms with Crippen LogP contribution in [0.2, 0.25) is 0 Å². The van der Waals surface area contributed by atoms with Crippen LogP contribution < -0.4 is 5.32 Å². The van der Waals surface area contributed by atoms with E-state index in [1.807, 2.05) is 13.0 Å². The van der Waals surface area contributed by atoms with E-state index in [0.29, 0.717) is 6.04 Å². The van der Waals surface area contributed by atoms with Gasteiger partial charge in [0.15, 0.2) is 0 Å². The largest absolute Gasteiger partial charge is 0.315 e. The second-order valence-electron chi connectivity index (χ2n) is 5.70. The molecule has 0 fully saturated rings. The smallest absolute Gasteiger partial charge is 0.123 e. The molecule has 0 radical (unpaired) electrons. The van der Waals surface area contributed by atoms with Crippen LogP contribution in [0.3, 0.4) is 0 Å². The minimum Gasteiger partial charge on any atom is -0.315 e. The molecule has 1 N–H and O–H groups in total. The van der Waals surface area contributed by atoms with Gasteiger partial charge in [-0.3, -0.25) is 0 Å². The van der Waals surface area contributed by atoms with Crippen molar-refractivity contribution in [2.75, 3.05) is 6.54 Å². The molecule has 1 rings (SSSR count). The van der Waals surface area contributed by atoms with E-state index in [2.05, 4.69) is 33.0 Å². The molecular formula is C15H24FN. The summed E-state index contributed by atoms with van der Waals surface area (Å²) in [4.78, 5) is 0. The van der Waals surface area contributed by atoms with Crippen molar-refractivity contribution in [1.82, 2.24) is 5.32 Å². The Labute approximate surface area is 104 Å². The van der Waals surface area contributed by atoms with Crippen LogP contribution in [0.15, 0.2) is 18.2 Å². The van der Waals surface area contributed by atoms with Crippen LogP contribution in [-0.4, -0.2) is 12.6 Å². The SMILES string of the molecule is Cc1cc(F)ccc1C(C)(C)CCNC(C)C. The zero-order valence-electron chi connectivity index (χ0n) is 11.6. The van der Waals surface area contributed by atoms with E-state index >= 15 is 0 Å². The Balaban J connectivity index is 2.74. The first-order valence-corrected chi connectivity index (χ1v) is 6.33. The van der Waals surface area contributed by atoms with E-state index < -0.39 is 0 Å². The van der Waals surface area contributed by atoms with Crippen LogP contribution in [0.5, 0.6) is 0 Å². The minimum atomic E-state index is -0.151. The third-order valence-corrected chi connectivity index (χ3v) is 3.22. The molecule has 0 aliphatic heterocycles. The van der Waals surface area contributed by atoms with Crippen LogP contribution >= 0.6 is 0 Å². The Hall–Kier alpha value is -0.890. The number of hydrogen-bond donors (Lipinski definition) is 1. The summed E-state index contributed by atoms with van der Waals surface area (Å²) in [6, 6.07) is 5.60. The quantitative estimate of drug-likeness (QED) is 0.821. The van der Waals surface area contributed by atoms with Gasteiger partial charge in [-0.1, -0.05) is 33.8 Å². The predicted octanol–water partition coefficient (Wildman–Crippen LogP) is 3.80. The van der Waals surface area contributed by atoms with Gasteiger partial charge in [-0.05, 0) is 48.6 Å². The summed E-state index contributed by atoms with van der Waals surface area (Å²) in [5.74, 6) is -0.151. The molecule has 17 heavy (non-hydrogen) atoms. The first kappa shape index (κ1) is 14.2. The lowest BCUT2D eigenvalue weighted by atomic mass is 9.79. The number of nitrogens with one attached hydrogen (secondary N) is 1. The molecule has 0 saturated carbocycles.